The van der Waals surface area contributed by atoms with Crippen molar-refractivity contribution in [3.05, 3.63) is 53.6 Å². The summed E-state index contributed by atoms with van der Waals surface area (Å²) in [6.07, 6.45) is -4.01. The molecule has 0 bridgehead atoms. The first kappa shape index (κ1) is 21.4. The fourth-order valence-corrected chi connectivity index (χ4v) is 4.46. The van der Waals surface area contributed by atoms with Crippen LogP contribution in [0, 0.1) is 11.3 Å². The molecule has 1 fully saturated rings. The van der Waals surface area contributed by atoms with E-state index in [1.807, 2.05) is 0 Å². The van der Waals surface area contributed by atoms with Crippen molar-refractivity contribution >= 4 is 27.3 Å². The summed E-state index contributed by atoms with van der Waals surface area (Å²) in [5.74, 6) is -0.693. The molecular formula is C19H16F3N3O4S. The molecular weight excluding hydrogens is 423 g/mol. The Bertz CT molecular complexity index is 1090. The van der Waals surface area contributed by atoms with E-state index in [9.17, 15) is 26.4 Å². The van der Waals surface area contributed by atoms with Gasteiger partial charge in [-0.3, -0.25) is 9.10 Å². The van der Waals surface area contributed by atoms with E-state index in [0.717, 1.165) is 0 Å². The van der Waals surface area contributed by atoms with E-state index in [0.29, 0.717) is 18.7 Å². The number of sulfonamides is 1. The molecule has 2 aromatic carbocycles. The van der Waals surface area contributed by atoms with Crippen molar-refractivity contribution < 1.29 is 31.1 Å². The van der Waals surface area contributed by atoms with Crippen LogP contribution in [-0.4, -0.2) is 39.4 Å². The van der Waals surface area contributed by atoms with Crippen LogP contribution in [0.2, 0.25) is 0 Å². The number of carbonyl (C=O) groups excluding carboxylic acids is 1. The molecule has 1 saturated heterocycles. The van der Waals surface area contributed by atoms with Crippen molar-refractivity contribution in [1.82, 2.24) is 0 Å². The second kappa shape index (κ2) is 8.23. The van der Waals surface area contributed by atoms with Crippen molar-refractivity contribution in [3.63, 3.8) is 0 Å². The number of alkyl halides is 3. The molecule has 7 nitrogen and oxygen atoms in total. The number of nitrogens with zero attached hydrogens (tertiary/aromatic N) is 2. The van der Waals surface area contributed by atoms with Crippen LogP contribution < -0.4 is 14.4 Å². The van der Waals surface area contributed by atoms with Crippen LogP contribution in [-0.2, 0) is 10.0 Å². The summed E-state index contributed by atoms with van der Waals surface area (Å²) in [7, 11) is -3.33. The molecule has 0 saturated carbocycles. The number of hydrogen-bond donors (Lipinski definition) is 1. The van der Waals surface area contributed by atoms with Gasteiger partial charge in [0.05, 0.1) is 17.0 Å². The highest BCUT2D eigenvalue weighted by molar-refractivity contribution is 7.93. The third-order valence-electron chi connectivity index (χ3n) is 4.27. The summed E-state index contributed by atoms with van der Waals surface area (Å²) in [4.78, 5) is 12.4. The van der Waals surface area contributed by atoms with Crippen LogP contribution in [0.25, 0.3) is 0 Å². The van der Waals surface area contributed by atoms with E-state index in [-0.39, 0.29) is 28.3 Å². The number of nitriles is 1. The number of ether oxygens (including phenoxy) is 1. The number of nitrogens with one attached hydrogen (secondary N) is 1. The molecule has 2 aromatic rings. The van der Waals surface area contributed by atoms with Crippen molar-refractivity contribution in [2.75, 3.05) is 28.5 Å². The lowest BCUT2D eigenvalue weighted by molar-refractivity contribution is -0.153. The highest BCUT2D eigenvalue weighted by Crippen LogP contribution is 2.26. The average Bonchev–Trinajstić information content (AvgIpc) is 3.05. The molecule has 30 heavy (non-hydrogen) atoms. The summed E-state index contributed by atoms with van der Waals surface area (Å²) in [6, 6.07) is 11.4. The fourth-order valence-electron chi connectivity index (χ4n) is 2.89. The molecule has 0 atom stereocenters. The van der Waals surface area contributed by atoms with E-state index in [1.54, 1.807) is 6.07 Å². The molecule has 0 aliphatic carbocycles. The number of rotatable bonds is 5. The SMILES string of the molecule is N#Cc1cc(NC(=O)c2ccc(N3CCCS3(=O)=O)cc2)ccc1OCC(F)(F)F. The van der Waals surface area contributed by atoms with Gasteiger partial charge in [0.15, 0.2) is 6.61 Å². The molecule has 0 unspecified atom stereocenters. The average molecular weight is 439 g/mol. The van der Waals surface area contributed by atoms with Gasteiger partial charge in [-0.2, -0.15) is 18.4 Å². The zero-order chi connectivity index (χ0) is 21.9. The van der Waals surface area contributed by atoms with E-state index >= 15 is 0 Å². The van der Waals surface area contributed by atoms with Crippen molar-refractivity contribution in [2.24, 2.45) is 0 Å². The van der Waals surface area contributed by atoms with Crippen LogP contribution >= 0.6 is 0 Å². The molecule has 1 amide bonds. The van der Waals surface area contributed by atoms with E-state index < -0.39 is 28.7 Å². The van der Waals surface area contributed by atoms with Gasteiger partial charge >= 0.3 is 6.18 Å². The fraction of sp³-hybridized carbons (Fsp3) is 0.263. The minimum atomic E-state index is -4.54. The number of halogens is 3. The van der Waals surface area contributed by atoms with Gasteiger partial charge in [-0.25, -0.2) is 8.42 Å². The highest BCUT2D eigenvalue weighted by Gasteiger charge is 2.29. The minimum Gasteiger partial charge on any atom is -0.483 e. The highest BCUT2D eigenvalue weighted by atomic mass is 32.2. The molecule has 11 heteroatoms. The number of benzene rings is 2. The third-order valence-corrected chi connectivity index (χ3v) is 6.14. The second-order valence-electron chi connectivity index (χ2n) is 6.47. The van der Waals surface area contributed by atoms with Crippen LogP contribution in [0.1, 0.15) is 22.3 Å². The summed E-state index contributed by atoms with van der Waals surface area (Å²) in [5, 5.41) is 11.7. The summed E-state index contributed by atoms with van der Waals surface area (Å²) >= 11 is 0. The Morgan fingerprint density at radius 3 is 2.47 bits per heavy atom. The van der Waals surface area contributed by atoms with Crippen LogP contribution in [0.5, 0.6) is 5.75 Å². The molecule has 1 N–H and O–H groups in total. The lowest BCUT2D eigenvalue weighted by atomic mass is 10.1. The van der Waals surface area contributed by atoms with Crippen molar-refractivity contribution in [2.45, 2.75) is 12.6 Å². The smallest absolute Gasteiger partial charge is 0.422 e. The maximum absolute atomic E-state index is 12.4. The zero-order valence-electron chi connectivity index (χ0n) is 15.4. The standard InChI is InChI=1S/C19H16F3N3O4S/c20-19(21,22)12-29-17-7-4-15(10-14(17)11-23)24-18(26)13-2-5-16(6-3-13)25-8-1-9-30(25,27)28/h2-7,10H,1,8-9,12H2,(H,24,26). The molecule has 0 spiro atoms. The Morgan fingerprint density at radius 1 is 1.20 bits per heavy atom. The van der Waals surface area contributed by atoms with Gasteiger partial charge in [-0.05, 0) is 48.9 Å². The number of carbonyl (C=O) groups is 1. The topological polar surface area (TPSA) is 99.5 Å². The predicted octanol–water partition coefficient (Wildman–Crippen LogP) is 3.29. The van der Waals surface area contributed by atoms with Gasteiger partial charge in [0.1, 0.15) is 11.8 Å². The Labute approximate surface area is 170 Å². The summed E-state index contributed by atoms with van der Waals surface area (Å²) in [6.45, 7) is -1.15. The molecule has 1 heterocycles. The van der Waals surface area contributed by atoms with Crippen LogP contribution in [0.4, 0.5) is 24.5 Å². The normalized spacial score (nSPS) is 15.5. The Kier molecular flexibility index (Phi) is 5.89. The maximum Gasteiger partial charge on any atom is 0.422 e. The quantitative estimate of drug-likeness (QED) is 0.771. The van der Waals surface area contributed by atoms with Gasteiger partial charge in [0, 0.05) is 17.8 Å². The first-order valence-electron chi connectivity index (χ1n) is 8.74. The van der Waals surface area contributed by atoms with Gasteiger partial charge in [0.2, 0.25) is 10.0 Å². The summed E-state index contributed by atoms with van der Waals surface area (Å²) in [5.41, 5.74) is 0.738. The summed E-state index contributed by atoms with van der Waals surface area (Å²) < 4.78 is 66.7. The second-order valence-corrected chi connectivity index (χ2v) is 8.48. The lowest BCUT2D eigenvalue weighted by Gasteiger charge is -2.17. The van der Waals surface area contributed by atoms with Crippen LogP contribution in [0.15, 0.2) is 42.5 Å². The molecule has 158 valence electrons. The molecule has 3 rings (SSSR count). The monoisotopic (exact) mass is 439 g/mol. The van der Waals surface area contributed by atoms with E-state index in [1.165, 1.54) is 46.8 Å². The number of hydrogen-bond acceptors (Lipinski definition) is 5. The Hall–Kier alpha value is -3.26. The van der Waals surface area contributed by atoms with Gasteiger partial charge < -0.3 is 10.1 Å². The van der Waals surface area contributed by atoms with Gasteiger partial charge in [0.25, 0.3) is 5.91 Å². The molecule has 1 aliphatic heterocycles. The van der Waals surface area contributed by atoms with Crippen LogP contribution in [0.3, 0.4) is 0 Å². The van der Waals surface area contributed by atoms with E-state index in [2.05, 4.69) is 10.1 Å². The molecule has 0 radical (unpaired) electrons. The zero-order valence-corrected chi connectivity index (χ0v) is 16.3. The van der Waals surface area contributed by atoms with Gasteiger partial charge in [-0.1, -0.05) is 0 Å². The molecule has 0 aromatic heterocycles. The first-order valence-corrected chi connectivity index (χ1v) is 10.4. The lowest BCUT2D eigenvalue weighted by Crippen LogP contribution is -2.25. The maximum atomic E-state index is 12.4. The Balaban J connectivity index is 1.70. The molecule has 1 aliphatic rings. The number of amides is 1. The minimum absolute atomic E-state index is 0.0825. The first-order chi connectivity index (χ1) is 14.1. The predicted molar refractivity (Wildman–Crippen MR) is 103 cm³/mol. The van der Waals surface area contributed by atoms with Gasteiger partial charge in [-0.15, -0.1) is 0 Å². The van der Waals surface area contributed by atoms with E-state index in [4.69, 9.17) is 5.26 Å². The Morgan fingerprint density at radius 2 is 1.90 bits per heavy atom. The van der Waals surface area contributed by atoms with Crippen molar-refractivity contribution in [3.8, 4) is 11.8 Å². The number of anilines is 2. The largest absolute Gasteiger partial charge is 0.483 e. The van der Waals surface area contributed by atoms with Crippen molar-refractivity contribution in [1.29, 1.82) is 5.26 Å². The third kappa shape index (κ3) is 5.01.